The normalized spacial score (nSPS) is 17.9. The molecule has 7 rings (SSSR count). The maximum absolute atomic E-state index is 14.6. The van der Waals surface area contributed by atoms with Gasteiger partial charge in [0.15, 0.2) is 5.65 Å². The van der Waals surface area contributed by atoms with Gasteiger partial charge in [-0.25, -0.2) is 18.3 Å². The van der Waals surface area contributed by atoms with Crippen LogP contribution in [0.1, 0.15) is 66.9 Å². The zero-order valence-corrected chi connectivity index (χ0v) is 34.5. The topological polar surface area (TPSA) is 192 Å². The van der Waals surface area contributed by atoms with Crippen LogP contribution in [0, 0.1) is 11.6 Å². The number of nitrogens with zero attached hydrogens (tertiary/aromatic N) is 6. The zero-order valence-electron chi connectivity index (χ0n) is 34.5. The summed E-state index contributed by atoms with van der Waals surface area (Å²) in [5.41, 5.74) is 2.72. The highest BCUT2D eigenvalue weighted by Crippen LogP contribution is 2.37. The lowest BCUT2D eigenvalue weighted by Crippen LogP contribution is -2.49. The molecule has 0 aliphatic carbocycles. The molecule has 5 heterocycles. The van der Waals surface area contributed by atoms with Crippen molar-refractivity contribution in [3.63, 3.8) is 0 Å². The van der Waals surface area contributed by atoms with Crippen molar-refractivity contribution in [1.82, 2.24) is 35.4 Å². The van der Waals surface area contributed by atoms with Gasteiger partial charge in [0.25, 0.3) is 5.91 Å². The first-order valence-corrected chi connectivity index (χ1v) is 21.1. The molecular weight excluding hydrogens is 807 g/mol. The monoisotopic (exact) mass is 858 g/mol. The second kappa shape index (κ2) is 21.0. The Kier molecular flexibility index (Phi) is 14.9. The van der Waals surface area contributed by atoms with Crippen molar-refractivity contribution < 1.29 is 42.2 Å². The summed E-state index contributed by atoms with van der Waals surface area (Å²) in [4.78, 5) is 72.2. The van der Waals surface area contributed by atoms with Crippen molar-refractivity contribution >= 4 is 52.4 Å². The third kappa shape index (κ3) is 11.4. The Labute approximate surface area is 357 Å². The summed E-state index contributed by atoms with van der Waals surface area (Å²) in [6.07, 6.45) is 6.24. The van der Waals surface area contributed by atoms with Crippen LogP contribution in [-0.2, 0) is 28.7 Å². The Morgan fingerprint density at radius 1 is 0.855 bits per heavy atom. The molecule has 0 spiro atoms. The molecule has 2 aromatic carbocycles. The number of carbonyl (C=O) groups is 5. The summed E-state index contributed by atoms with van der Waals surface area (Å²) in [5, 5.41) is 15.4. The van der Waals surface area contributed by atoms with Gasteiger partial charge in [0.1, 0.15) is 29.1 Å². The molecule has 4 N–H and O–H groups in total. The minimum absolute atomic E-state index is 0.0298. The van der Waals surface area contributed by atoms with Gasteiger partial charge in [-0.3, -0.25) is 29.3 Å². The summed E-state index contributed by atoms with van der Waals surface area (Å²) in [6, 6.07) is 12.2. The highest BCUT2D eigenvalue weighted by atomic mass is 19.1. The van der Waals surface area contributed by atoms with Gasteiger partial charge in [0.2, 0.25) is 23.6 Å². The number of rotatable bonds is 19. The highest BCUT2D eigenvalue weighted by Gasteiger charge is 2.31. The molecule has 330 valence electrons. The predicted octanol–water partition coefficient (Wildman–Crippen LogP) is 2.96. The summed E-state index contributed by atoms with van der Waals surface area (Å²) in [5.74, 6) is -1.52. The van der Waals surface area contributed by atoms with Crippen molar-refractivity contribution in [2.24, 2.45) is 0 Å². The van der Waals surface area contributed by atoms with Crippen LogP contribution in [0.15, 0.2) is 60.9 Å². The van der Waals surface area contributed by atoms with Crippen molar-refractivity contribution in [3.05, 3.63) is 83.7 Å². The van der Waals surface area contributed by atoms with Crippen LogP contribution < -0.4 is 31.1 Å². The van der Waals surface area contributed by atoms with Gasteiger partial charge in [0.05, 0.1) is 45.1 Å². The number of carbonyl (C=O) groups excluding carboxylic acids is 5. The number of halogens is 2. The van der Waals surface area contributed by atoms with Gasteiger partial charge in [-0.05, 0) is 74.2 Å². The average Bonchev–Trinajstić information content (AvgIpc) is 3.94. The van der Waals surface area contributed by atoms with Gasteiger partial charge >= 0.3 is 0 Å². The minimum atomic E-state index is -0.504. The molecule has 4 aromatic rings. The molecule has 2 atom stereocenters. The fraction of sp³-hybridized carbons (Fsp3) is 0.465. The van der Waals surface area contributed by atoms with E-state index in [0.29, 0.717) is 89.6 Å². The van der Waals surface area contributed by atoms with Crippen molar-refractivity contribution in [2.75, 3.05) is 87.4 Å². The smallest absolute Gasteiger partial charge is 0.256 e. The number of nitrogens with one attached hydrogen (secondary N) is 4. The Hall–Kier alpha value is -6.21. The van der Waals surface area contributed by atoms with E-state index < -0.39 is 17.7 Å². The van der Waals surface area contributed by atoms with E-state index in [0.717, 1.165) is 29.9 Å². The van der Waals surface area contributed by atoms with Crippen LogP contribution in [0.2, 0.25) is 0 Å². The second-order valence-corrected chi connectivity index (χ2v) is 15.4. The van der Waals surface area contributed by atoms with Crippen LogP contribution in [0.4, 0.5) is 26.0 Å². The van der Waals surface area contributed by atoms with E-state index in [1.54, 1.807) is 12.3 Å². The van der Waals surface area contributed by atoms with Gasteiger partial charge in [-0.1, -0.05) is 0 Å². The second-order valence-electron chi connectivity index (χ2n) is 15.4. The molecule has 17 nitrogen and oxygen atoms in total. The van der Waals surface area contributed by atoms with Crippen molar-refractivity contribution in [3.8, 4) is 0 Å². The number of benzene rings is 2. The molecule has 3 saturated heterocycles. The first-order valence-electron chi connectivity index (χ1n) is 21.1. The number of imide groups is 1. The van der Waals surface area contributed by atoms with E-state index in [1.807, 2.05) is 34.1 Å². The number of fused-ring (bicyclic) bond motifs is 1. The summed E-state index contributed by atoms with van der Waals surface area (Å²) in [6.45, 7) is 4.94. The molecule has 0 bridgehead atoms. The SMILES string of the molecule is O=C(CCOCCOCCC(=O)N1CCN(c2ccc(NC3CCC(=O)NC3=O)cc2)CC1)NCCCNC(=O)c1cnn2ccc(N3CCC[C@@H]3c3cc(F)ccc3F)nc12. The van der Waals surface area contributed by atoms with Crippen LogP contribution in [0.5, 0.6) is 0 Å². The lowest BCUT2D eigenvalue weighted by atomic mass is 10.0. The third-order valence-corrected chi connectivity index (χ3v) is 11.2. The van der Waals surface area contributed by atoms with Crippen LogP contribution in [-0.4, -0.2) is 127 Å². The van der Waals surface area contributed by atoms with Gasteiger partial charge in [0, 0.05) is 81.8 Å². The fourth-order valence-electron chi connectivity index (χ4n) is 7.83. The van der Waals surface area contributed by atoms with Gasteiger partial charge in [-0.2, -0.15) is 5.10 Å². The number of hydrogen-bond acceptors (Lipinski definition) is 12. The maximum atomic E-state index is 14.6. The molecule has 62 heavy (non-hydrogen) atoms. The largest absolute Gasteiger partial charge is 0.379 e. The fourth-order valence-corrected chi connectivity index (χ4v) is 7.83. The maximum Gasteiger partial charge on any atom is 0.256 e. The number of amides is 5. The van der Waals surface area contributed by atoms with Crippen molar-refractivity contribution in [1.29, 1.82) is 0 Å². The van der Waals surface area contributed by atoms with E-state index in [2.05, 4.69) is 36.2 Å². The molecule has 5 amide bonds. The van der Waals surface area contributed by atoms with E-state index in [-0.39, 0.29) is 79.4 Å². The lowest BCUT2D eigenvalue weighted by Gasteiger charge is -2.36. The minimum Gasteiger partial charge on any atom is -0.379 e. The van der Waals surface area contributed by atoms with Gasteiger partial charge < -0.3 is 40.1 Å². The first-order chi connectivity index (χ1) is 30.1. The molecule has 0 saturated carbocycles. The standard InChI is InChI=1S/C43H52F2N10O7/c44-29-4-9-34(45)32(27-29)36-3-1-17-54(36)37-12-18-55-41(50-37)33(28-48-55)42(59)47-16-2-15-46-38(56)13-23-61-25-26-62-24-14-40(58)53-21-19-52(20-22-53)31-7-5-30(6-8-31)49-35-10-11-39(57)51-43(35)60/h4-9,12,18,27-28,35-36,49H,1-3,10-11,13-17,19-26H2,(H,46,56)(H,47,59)(H,51,57,60)/t35?,36-/m1/s1. The number of ether oxygens (including phenoxy) is 2. The van der Waals surface area contributed by atoms with E-state index in [1.165, 1.54) is 16.8 Å². The van der Waals surface area contributed by atoms with Crippen molar-refractivity contribution in [2.45, 2.75) is 57.0 Å². The summed E-state index contributed by atoms with van der Waals surface area (Å²) >= 11 is 0. The van der Waals surface area contributed by atoms with E-state index >= 15 is 0 Å². The molecule has 1 unspecified atom stereocenters. The quantitative estimate of drug-likeness (QED) is 0.0798. The number of piperidine rings is 1. The number of anilines is 3. The summed E-state index contributed by atoms with van der Waals surface area (Å²) in [7, 11) is 0. The van der Waals surface area contributed by atoms with Crippen LogP contribution in [0.25, 0.3) is 5.65 Å². The molecule has 19 heteroatoms. The Morgan fingerprint density at radius 2 is 1.61 bits per heavy atom. The van der Waals surface area contributed by atoms with Gasteiger partial charge in [-0.15, -0.1) is 0 Å². The molecule has 0 radical (unpaired) electrons. The number of hydrogen-bond donors (Lipinski definition) is 4. The molecular formula is C43H52F2N10O7. The number of piperazine rings is 1. The molecule has 3 aliphatic heterocycles. The molecule has 3 fully saturated rings. The lowest BCUT2D eigenvalue weighted by molar-refractivity contribution is -0.134. The summed E-state index contributed by atoms with van der Waals surface area (Å²) < 4.78 is 41.2. The molecule has 3 aliphatic rings. The Morgan fingerprint density at radius 3 is 2.39 bits per heavy atom. The van der Waals surface area contributed by atoms with E-state index in [9.17, 15) is 32.8 Å². The predicted molar refractivity (Wildman–Crippen MR) is 225 cm³/mol. The first kappa shape index (κ1) is 43.9. The third-order valence-electron chi connectivity index (χ3n) is 11.2. The van der Waals surface area contributed by atoms with E-state index in [4.69, 9.17) is 9.47 Å². The average molecular weight is 859 g/mol. The number of aromatic nitrogens is 3. The Bertz CT molecular complexity index is 2220. The Balaban J connectivity index is 0.709. The molecule has 2 aromatic heterocycles. The van der Waals surface area contributed by atoms with Crippen LogP contribution >= 0.6 is 0 Å². The highest BCUT2D eigenvalue weighted by molar-refractivity contribution is 6.01. The zero-order chi connectivity index (χ0) is 43.4. The van der Waals surface area contributed by atoms with Crippen LogP contribution in [0.3, 0.4) is 0 Å².